The molecule has 148 valence electrons. The van der Waals surface area contributed by atoms with Crippen molar-refractivity contribution >= 4 is 17.4 Å². The zero-order valence-corrected chi connectivity index (χ0v) is 14.9. The third kappa shape index (κ3) is 4.46. The molecule has 0 atom stereocenters. The van der Waals surface area contributed by atoms with Gasteiger partial charge in [-0.15, -0.1) is 15.3 Å². The van der Waals surface area contributed by atoms with Gasteiger partial charge in [0, 0.05) is 39.3 Å². The molecule has 1 aliphatic heterocycles. The Labute approximate surface area is 153 Å². The van der Waals surface area contributed by atoms with E-state index < -0.39 is 12.0 Å². The zero-order valence-electron chi connectivity index (χ0n) is 14.9. The first-order chi connectivity index (χ1) is 12.9. The van der Waals surface area contributed by atoms with Crippen LogP contribution in [0, 0.1) is 5.92 Å². The summed E-state index contributed by atoms with van der Waals surface area (Å²) in [5.41, 5.74) is 0.0383. The number of rotatable bonds is 6. The van der Waals surface area contributed by atoms with Crippen LogP contribution in [0.15, 0.2) is 12.1 Å². The lowest BCUT2D eigenvalue weighted by Gasteiger charge is -2.32. The minimum Gasteiger partial charge on any atom is -0.385 e. The Morgan fingerprint density at radius 3 is 2.70 bits per heavy atom. The standard InChI is InChI=1S/C16H21F3N6O2/c1-27-10-2-7-20-14(26)11-5-8-24(9-6-11)13-4-3-12-21-22-15(16(17,18)19)25(12)23-13/h3-4,11H,2,5-10H2,1H3,(H,20,26). The Balaban J connectivity index is 1.62. The quantitative estimate of drug-likeness (QED) is 0.758. The number of anilines is 1. The van der Waals surface area contributed by atoms with E-state index in [0.29, 0.717) is 49.4 Å². The molecule has 3 rings (SSSR count). The predicted molar refractivity (Wildman–Crippen MR) is 90.2 cm³/mol. The summed E-state index contributed by atoms with van der Waals surface area (Å²) in [5.74, 6) is -0.836. The molecule has 1 aliphatic rings. The maximum Gasteiger partial charge on any atom is 0.453 e. The number of piperidine rings is 1. The second-order valence-electron chi connectivity index (χ2n) is 6.38. The van der Waals surface area contributed by atoms with Gasteiger partial charge in [0.15, 0.2) is 5.65 Å². The van der Waals surface area contributed by atoms with E-state index in [0.717, 1.165) is 6.42 Å². The largest absolute Gasteiger partial charge is 0.453 e. The lowest BCUT2D eigenvalue weighted by Crippen LogP contribution is -2.41. The molecule has 1 saturated heterocycles. The highest BCUT2D eigenvalue weighted by Crippen LogP contribution is 2.28. The fraction of sp³-hybridized carbons (Fsp3) is 0.625. The summed E-state index contributed by atoms with van der Waals surface area (Å²) in [7, 11) is 1.61. The number of halogens is 3. The summed E-state index contributed by atoms with van der Waals surface area (Å²) in [6.45, 7) is 2.24. The van der Waals surface area contributed by atoms with E-state index in [1.54, 1.807) is 13.2 Å². The number of hydrogen-bond donors (Lipinski definition) is 1. The van der Waals surface area contributed by atoms with Crippen molar-refractivity contribution in [3.05, 3.63) is 18.0 Å². The molecule has 1 amide bonds. The number of carbonyl (C=O) groups excluding carboxylic acids is 1. The minimum absolute atomic E-state index is 0.00679. The van der Waals surface area contributed by atoms with Crippen LogP contribution in [0.3, 0.4) is 0 Å². The number of carbonyl (C=O) groups is 1. The molecule has 1 N–H and O–H groups in total. The Morgan fingerprint density at radius 1 is 1.30 bits per heavy atom. The van der Waals surface area contributed by atoms with Crippen LogP contribution in [0.5, 0.6) is 0 Å². The van der Waals surface area contributed by atoms with Crippen LogP contribution in [0.4, 0.5) is 19.0 Å². The summed E-state index contributed by atoms with van der Waals surface area (Å²) in [6, 6.07) is 3.08. The third-order valence-electron chi connectivity index (χ3n) is 4.52. The van der Waals surface area contributed by atoms with E-state index in [2.05, 4.69) is 20.6 Å². The van der Waals surface area contributed by atoms with E-state index in [1.165, 1.54) is 6.07 Å². The van der Waals surface area contributed by atoms with Crippen molar-refractivity contribution in [2.75, 3.05) is 38.3 Å². The summed E-state index contributed by atoms with van der Waals surface area (Å²) in [5, 5.41) is 13.6. The van der Waals surface area contributed by atoms with E-state index in [1.807, 2.05) is 4.90 Å². The number of alkyl halides is 3. The molecule has 27 heavy (non-hydrogen) atoms. The van der Waals surface area contributed by atoms with Gasteiger partial charge in [-0.2, -0.15) is 17.7 Å². The number of nitrogens with one attached hydrogen (secondary N) is 1. The van der Waals surface area contributed by atoms with Crippen LogP contribution in [-0.2, 0) is 15.7 Å². The lowest BCUT2D eigenvalue weighted by molar-refractivity contribution is -0.146. The molecule has 0 radical (unpaired) electrons. The average Bonchev–Trinajstić information content (AvgIpc) is 3.09. The van der Waals surface area contributed by atoms with Crippen molar-refractivity contribution in [2.45, 2.75) is 25.4 Å². The molecule has 0 saturated carbocycles. The maximum absolute atomic E-state index is 13.0. The Hall–Kier alpha value is -2.43. The smallest absolute Gasteiger partial charge is 0.385 e. The molecule has 11 heteroatoms. The van der Waals surface area contributed by atoms with Crippen molar-refractivity contribution in [2.24, 2.45) is 5.92 Å². The molecule has 0 aromatic carbocycles. The molecule has 0 spiro atoms. The average molecular weight is 386 g/mol. The fourth-order valence-electron chi connectivity index (χ4n) is 3.07. The highest BCUT2D eigenvalue weighted by Gasteiger charge is 2.38. The van der Waals surface area contributed by atoms with Crippen LogP contribution in [0.1, 0.15) is 25.1 Å². The first kappa shape index (κ1) is 19.3. The van der Waals surface area contributed by atoms with E-state index in [9.17, 15) is 18.0 Å². The Morgan fingerprint density at radius 2 is 2.04 bits per heavy atom. The molecule has 3 heterocycles. The summed E-state index contributed by atoms with van der Waals surface area (Å²) < 4.78 is 44.6. The highest BCUT2D eigenvalue weighted by atomic mass is 19.4. The Bertz CT molecular complexity index is 786. The van der Waals surface area contributed by atoms with Crippen molar-refractivity contribution in [3.8, 4) is 0 Å². The summed E-state index contributed by atoms with van der Waals surface area (Å²) in [6.07, 6.45) is -2.64. The molecule has 8 nitrogen and oxygen atoms in total. The van der Waals surface area contributed by atoms with Crippen LogP contribution in [-0.4, -0.2) is 59.1 Å². The van der Waals surface area contributed by atoms with Gasteiger partial charge in [0.05, 0.1) is 0 Å². The summed E-state index contributed by atoms with van der Waals surface area (Å²) >= 11 is 0. The molecule has 0 unspecified atom stereocenters. The van der Waals surface area contributed by atoms with Gasteiger partial charge in [0.1, 0.15) is 5.82 Å². The van der Waals surface area contributed by atoms with Crippen LogP contribution >= 0.6 is 0 Å². The number of fused-ring (bicyclic) bond motifs is 1. The topological polar surface area (TPSA) is 84.6 Å². The number of nitrogens with zero attached hydrogens (tertiary/aromatic N) is 5. The van der Waals surface area contributed by atoms with E-state index in [4.69, 9.17) is 4.74 Å². The molecule has 1 fully saturated rings. The summed E-state index contributed by atoms with van der Waals surface area (Å²) in [4.78, 5) is 14.0. The van der Waals surface area contributed by atoms with Gasteiger partial charge < -0.3 is 15.0 Å². The van der Waals surface area contributed by atoms with Gasteiger partial charge in [-0.05, 0) is 31.4 Å². The number of ether oxygens (including phenoxy) is 1. The second-order valence-corrected chi connectivity index (χ2v) is 6.38. The number of aromatic nitrogens is 4. The normalized spacial score (nSPS) is 16.1. The maximum atomic E-state index is 13.0. The number of hydrogen-bond acceptors (Lipinski definition) is 6. The molecule has 0 aliphatic carbocycles. The van der Waals surface area contributed by atoms with Crippen molar-refractivity contribution in [1.82, 2.24) is 25.1 Å². The van der Waals surface area contributed by atoms with Crippen LogP contribution in [0.25, 0.3) is 5.65 Å². The van der Waals surface area contributed by atoms with Gasteiger partial charge in [-0.3, -0.25) is 4.79 Å². The van der Waals surface area contributed by atoms with Gasteiger partial charge in [0.2, 0.25) is 5.91 Å². The van der Waals surface area contributed by atoms with Crippen molar-refractivity contribution < 1.29 is 22.7 Å². The molecule has 2 aromatic rings. The van der Waals surface area contributed by atoms with Crippen molar-refractivity contribution in [1.29, 1.82) is 0 Å². The predicted octanol–water partition coefficient (Wildman–Crippen LogP) is 1.51. The van der Waals surface area contributed by atoms with E-state index >= 15 is 0 Å². The monoisotopic (exact) mass is 386 g/mol. The SMILES string of the molecule is COCCCNC(=O)C1CCN(c2ccc3nnc(C(F)(F)F)n3n2)CC1. The first-order valence-corrected chi connectivity index (χ1v) is 8.71. The molecular weight excluding hydrogens is 365 g/mol. The molecule has 2 aromatic heterocycles. The van der Waals surface area contributed by atoms with Gasteiger partial charge in [0.25, 0.3) is 5.82 Å². The fourth-order valence-corrected chi connectivity index (χ4v) is 3.07. The van der Waals surface area contributed by atoms with Crippen LogP contribution < -0.4 is 10.2 Å². The van der Waals surface area contributed by atoms with E-state index in [-0.39, 0.29) is 17.5 Å². The van der Waals surface area contributed by atoms with Crippen molar-refractivity contribution in [3.63, 3.8) is 0 Å². The zero-order chi connectivity index (χ0) is 19.4. The minimum atomic E-state index is -4.63. The number of amides is 1. The molecular formula is C16H21F3N6O2. The number of methoxy groups -OCH3 is 1. The Kier molecular flexibility index (Phi) is 5.78. The lowest BCUT2D eigenvalue weighted by atomic mass is 9.96. The first-order valence-electron chi connectivity index (χ1n) is 8.71. The van der Waals surface area contributed by atoms with Crippen LogP contribution in [0.2, 0.25) is 0 Å². The van der Waals surface area contributed by atoms with Gasteiger partial charge in [-0.25, -0.2) is 0 Å². The molecule has 0 bridgehead atoms. The van der Waals surface area contributed by atoms with Gasteiger partial charge >= 0.3 is 6.18 Å². The second kappa shape index (κ2) is 8.07. The van der Waals surface area contributed by atoms with Gasteiger partial charge in [-0.1, -0.05) is 0 Å². The highest BCUT2D eigenvalue weighted by molar-refractivity contribution is 5.78. The third-order valence-corrected chi connectivity index (χ3v) is 4.52.